The van der Waals surface area contributed by atoms with Gasteiger partial charge in [0.2, 0.25) is 0 Å². The van der Waals surface area contributed by atoms with Gasteiger partial charge in [-0.2, -0.15) is 16.9 Å². The second-order valence-electron chi connectivity index (χ2n) is 3.80. The van der Waals surface area contributed by atoms with E-state index in [2.05, 4.69) is 10.2 Å². The zero-order valence-electron chi connectivity index (χ0n) is 8.62. The largest absolute Gasteiger partial charge is 0.476 e. The number of carbonyl (C=O) groups is 1. The summed E-state index contributed by atoms with van der Waals surface area (Å²) in [7, 11) is 0. The van der Waals surface area contributed by atoms with Crippen LogP contribution in [0.4, 0.5) is 0 Å². The van der Waals surface area contributed by atoms with Crippen molar-refractivity contribution >= 4 is 17.7 Å². The summed E-state index contributed by atoms with van der Waals surface area (Å²) in [6.07, 6.45) is 2.24. The fourth-order valence-electron chi connectivity index (χ4n) is 2.00. The molecule has 2 rings (SSSR count). The molecule has 1 aromatic rings. The lowest BCUT2D eigenvalue weighted by Crippen LogP contribution is -2.09. The lowest BCUT2D eigenvalue weighted by atomic mass is 9.95. The van der Waals surface area contributed by atoms with Crippen LogP contribution in [0.15, 0.2) is 0 Å². The fraction of sp³-hybridized carbons (Fsp3) is 0.600. The maximum absolute atomic E-state index is 10.8. The van der Waals surface area contributed by atoms with Crippen LogP contribution in [0.25, 0.3) is 0 Å². The van der Waals surface area contributed by atoms with E-state index in [-0.39, 0.29) is 5.69 Å². The van der Waals surface area contributed by atoms with Crippen molar-refractivity contribution in [2.45, 2.75) is 25.7 Å². The maximum Gasteiger partial charge on any atom is 0.356 e. The van der Waals surface area contributed by atoms with Crippen molar-refractivity contribution in [3.63, 3.8) is 0 Å². The first kappa shape index (κ1) is 10.5. The van der Waals surface area contributed by atoms with E-state index in [0.29, 0.717) is 5.92 Å². The Labute approximate surface area is 92.5 Å². The number of hydrogen-bond acceptors (Lipinski definition) is 3. The number of carboxylic acid groups (broad SMARTS) is 1. The molecule has 0 amide bonds. The van der Waals surface area contributed by atoms with Crippen molar-refractivity contribution in [3.8, 4) is 0 Å². The summed E-state index contributed by atoms with van der Waals surface area (Å²) in [6, 6.07) is 0. The lowest BCUT2D eigenvalue weighted by Gasteiger charge is -2.20. The van der Waals surface area contributed by atoms with Gasteiger partial charge in [-0.25, -0.2) is 4.79 Å². The summed E-state index contributed by atoms with van der Waals surface area (Å²) >= 11 is 1.96. The molecule has 0 unspecified atom stereocenters. The van der Waals surface area contributed by atoms with E-state index < -0.39 is 5.97 Å². The molecule has 1 aliphatic heterocycles. The number of nitrogens with zero attached hydrogens (tertiary/aromatic N) is 1. The van der Waals surface area contributed by atoms with E-state index in [0.717, 1.165) is 35.6 Å². The summed E-state index contributed by atoms with van der Waals surface area (Å²) in [6.45, 7) is 1.84. The number of thioether (sulfide) groups is 1. The first-order valence-corrected chi connectivity index (χ1v) is 6.21. The van der Waals surface area contributed by atoms with Crippen molar-refractivity contribution in [1.29, 1.82) is 0 Å². The first-order valence-electron chi connectivity index (χ1n) is 5.06. The van der Waals surface area contributed by atoms with Crippen molar-refractivity contribution in [3.05, 3.63) is 17.0 Å². The van der Waals surface area contributed by atoms with E-state index in [1.807, 2.05) is 18.7 Å². The van der Waals surface area contributed by atoms with Gasteiger partial charge in [0, 0.05) is 17.2 Å². The normalized spacial score (nSPS) is 17.9. The monoisotopic (exact) mass is 226 g/mol. The molecule has 1 aromatic heterocycles. The van der Waals surface area contributed by atoms with Crippen molar-refractivity contribution in [1.82, 2.24) is 10.2 Å². The molecule has 1 fully saturated rings. The van der Waals surface area contributed by atoms with Gasteiger partial charge in [-0.05, 0) is 31.3 Å². The highest BCUT2D eigenvalue weighted by molar-refractivity contribution is 7.99. The molecule has 0 aromatic carbocycles. The van der Waals surface area contributed by atoms with Gasteiger partial charge in [-0.1, -0.05) is 0 Å². The van der Waals surface area contributed by atoms with Crippen molar-refractivity contribution in [2.24, 2.45) is 0 Å². The Kier molecular flexibility index (Phi) is 3.00. The third-order valence-corrected chi connectivity index (χ3v) is 3.93. The molecule has 4 nitrogen and oxygen atoms in total. The predicted molar refractivity (Wildman–Crippen MR) is 59.6 cm³/mol. The van der Waals surface area contributed by atoms with Gasteiger partial charge < -0.3 is 5.11 Å². The van der Waals surface area contributed by atoms with E-state index >= 15 is 0 Å². The molecule has 82 valence electrons. The molecule has 0 saturated carbocycles. The Bertz CT molecular complexity index is 369. The van der Waals surface area contributed by atoms with E-state index in [1.165, 1.54) is 0 Å². The van der Waals surface area contributed by atoms with Gasteiger partial charge in [0.1, 0.15) is 0 Å². The van der Waals surface area contributed by atoms with Gasteiger partial charge in [-0.3, -0.25) is 5.10 Å². The molecular weight excluding hydrogens is 212 g/mol. The SMILES string of the molecule is Cc1c(C(=O)O)n[nH]c1C1CCSCC1. The zero-order chi connectivity index (χ0) is 10.8. The number of aromatic amines is 1. The van der Waals surface area contributed by atoms with E-state index in [4.69, 9.17) is 5.11 Å². The van der Waals surface area contributed by atoms with E-state index in [1.54, 1.807) is 0 Å². The minimum Gasteiger partial charge on any atom is -0.476 e. The quantitative estimate of drug-likeness (QED) is 0.809. The molecule has 2 heterocycles. The fourth-order valence-corrected chi connectivity index (χ4v) is 3.11. The van der Waals surface area contributed by atoms with E-state index in [9.17, 15) is 4.79 Å². The topological polar surface area (TPSA) is 66.0 Å². The summed E-state index contributed by atoms with van der Waals surface area (Å²) < 4.78 is 0. The Morgan fingerprint density at radius 3 is 2.73 bits per heavy atom. The molecule has 0 spiro atoms. The van der Waals surface area contributed by atoms with Gasteiger partial charge in [0.05, 0.1) is 0 Å². The maximum atomic E-state index is 10.8. The van der Waals surface area contributed by atoms with Crippen LogP contribution >= 0.6 is 11.8 Å². The van der Waals surface area contributed by atoms with Crippen molar-refractivity contribution < 1.29 is 9.90 Å². The minimum atomic E-state index is -0.944. The second kappa shape index (κ2) is 4.26. The summed E-state index contributed by atoms with van der Waals surface area (Å²) in [5, 5.41) is 15.6. The molecular formula is C10H14N2O2S. The molecule has 0 radical (unpaired) electrons. The number of carboxylic acids is 1. The van der Waals surface area contributed by atoms with Crippen LogP contribution in [0.1, 0.15) is 40.5 Å². The highest BCUT2D eigenvalue weighted by Crippen LogP contribution is 2.32. The number of H-pyrrole nitrogens is 1. The molecule has 0 aliphatic carbocycles. The zero-order valence-corrected chi connectivity index (χ0v) is 9.43. The van der Waals surface area contributed by atoms with Crippen LogP contribution in [-0.2, 0) is 0 Å². The third kappa shape index (κ3) is 2.02. The molecule has 0 bridgehead atoms. The Balaban J connectivity index is 2.24. The predicted octanol–water partition coefficient (Wildman–Crippen LogP) is 2.03. The standard InChI is InChI=1S/C10H14N2O2S/c1-6-8(7-2-4-15-5-3-7)11-12-9(6)10(13)14/h7H,2-5H2,1H3,(H,11,12)(H,13,14). The minimum absolute atomic E-state index is 0.170. The van der Waals surface area contributed by atoms with Crippen molar-refractivity contribution in [2.75, 3.05) is 11.5 Å². The van der Waals surface area contributed by atoms with Crippen LogP contribution in [0.5, 0.6) is 0 Å². The van der Waals surface area contributed by atoms with Crippen LogP contribution < -0.4 is 0 Å². The smallest absolute Gasteiger partial charge is 0.356 e. The van der Waals surface area contributed by atoms with Crippen LogP contribution in [0, 0.1) is 6.92 Å². The summed E-state index contributed by atoms with van der Waals surface area (Å²) in [5.74, 6) is 1.84. The summed E-state index contributed by atoms with van der Waals surface area (Å²) in [5.41, 5.74) is 2.00. The number of nitrogens with one attached hydrogen (secondary N) is 1. The van der Waals surface area contributed by atoms with Gasteiger partial charge in [-0.15, -0.1) is 0 Å². The highest BCUT2D eigenvalue weighted by Gasteiger charge is 2.23. The highest BCUT2D eigenvalue weighted by atomic mass is 32.2. The molecule has 0 atom stereocenters. The molecule has 1 saturated heterocycles. The van der Waals surface area contributed by atoms with Crippen LogP contribution in [0.3, 0.4) is 0 Å². The summed E-state index contributed by atoms with van der Waals surface area (Å²) in [4.78, 5) is 10.8. The Hall–Kier alpha value is -0.970. The number of rotatable bonds is 2. The average molecular weight is 226 g/mol. The van der Waals surface area contributed by atoms with Crippen LogP contribution in [-0.4, -0.2) is 32.8 Å². The second-order valence-corrected chi connectivity index (χ2v) is 5.03. The molecule has 1 aliphatic rings. The number of hydrogen-bond donors (Lipinski definition) is 2. The van der Waals surface area contributed by atoms with Gasteiger partial charge >= 0.3 is 5.97 Å². The Morgan fingerprint density at radius 2 is 2.20 bits per heavy atom. The number of aromatic nitrogens is 2. The molecule has 15 heavy (non-hydrogen) atoms. The van der Waals surface area contributed by atoms with Gasteiger partial charge in [0.25, 0.3) is 0 Å². The number of aromatic carboxylic acids is 1. The lowest BCUT2D eigenvalue weighted by molar-refractivity contribution is 0.0689. The average Bonchev–Trinajstić information content (AvgIpc) is 2.61. The molecule has 2 N–H and O–H groups in total. The van der Waals surface area contributed by atoms with Gasteiger partial charge in [0.15, 0.2) is 5.69 Å². The molecule has 5 heteroatoms. The third-order valence-electron chi connectivity index (χ3n) is 2.88. The van der Waals surface area contributed by atoms with Crippen LogP contribution in [0.2, 0.25) is 0 Å². The Morgan fingerprint density at radius 1 is 1.53 bits per heavy atom. The first-order chi connectivity index (χ1) is 7.20.